The maximum Gasteiger partial charge on any atom is 0.263 e. The second-order valence-corrected chi connectivity index (χ2v) is 8.36. The van der Waals surface area contributed by atoms with Gasteiger partial charge in [0.05, 0.1) is 5.69 Å². The number of rotatable bonds is 6. The first kappa shape index (κ1) is 20.2. The molecule has 1 aromatic carbocycles. The lowest BCUT2D eigenvalue weighted by molar-refractivity contribution is -0.119. The maximum atomic E-state index is 12.7. The molecule has 1 aliphatic carbocycles. The molecule has 0 atom stereocenters. The van der Waals surface area contributed by atoms with Crippen LogP contribution in [-0.2, 0) is 11.3 Å². The average molecular weight is 422 g/mol. The van der Waals surface area contributed by atoms with Crippen molar-refractivity contribution in [2.24, 2.45) is 5.92 Å². The molecule has 1 aliphatic rings. The number of hydrogen-bond acceptors (Lipinski definition) is 6. The monoisotopic (exact) mass is 421 g/mol. The van der Waals surface area contributed by atoms with Gasteiger partial charge in [-0.15, -0.1) is 11.3 Å². The van der Waals surface area contributed by atoms with Crippen molar-refractivity contribution in [3.05, 3.63) is 58.9 Å². The molecule has 0 spiro atoms. The lowest BCUT2D eigenvalue weighted by atomic mass is 10.1. The number of carbonyl (C=O) groups excluding carboxylic acids is 2. The van der Waals surface area contributed by atoms with E-state index in [0.717, 1.165) is 36.9 Å². The number of benzene rings is 1. The zero-order valence-corrected chi connectivity index (χ0v) is 17.5. The van der Waals surface area contributed by atoms with Gasteiger partial charge in [0, 0.05) is 30.5 Å². The van der Waals surface area contributed by atoms with E-state index in [-0.39, 0.29) is 17.7 Å². The number of thiazole rings is 1. The van der Waals surface area contributed by atoms with Gasteiger partial charge >= 0.3 is 0 Å². The first-order valence-corrected chi connectivity index (χ1v) is 10.8. The van der Waals surface area contributed by atoms with Crippen molar-refractivity contribution in [3.8, 4) is 10.8 Å². The first-order valence-electron chi connectivity index (χ1n) is 10.0. The van der Waals surface area contributed by atoms with Crippen molar-refractivity contribution in [2.75, 3.05) is 5.32 Å². The first-order chi connectivity index (χ1) is 14.6. The zero-order chi connectivity index (χ0) is 20.9. The summed E-state index contributed by atoms with van der Waals surface area (Å²) in [5.41, 5.74) is 2.33. The Bertz CT molecular complexity index is 1040. The molecule has 1 saturated carbocycles. The van der Waals surface area contributed by atoms with E-state index in [9.17, 15) is 9.59 Å². The third-order valence-corrected chi connectivity index (χ3v) is 6.29. The molecule has 2 heterocycles. The van der Waals surface area contributed by atoms with Gasteiger partial charge in [0.25, 0.3) is 5.91 Å². The van der Waals surface area contributed by atoms with Crippen LogP contribution in [0.1, 0.15) is 46.6 Å². The fourth-order valence-electron chi connectivity index (χ4n) is 3.57. The third kappa shape index (κ3) is 4.71. The molecule has 0 radical (unpaired) electrons. The predicted molar refractivity (Wildman–Crippen MR) is 116 cm³/mol. The van der Waals surface area contributed by atoms with Crippen LogP contribution in [0.5, 0.6) is 0 Å². The van der Waals surface area contributed by atoms with Crippen molar-refractivity contribution in [3.63, 3.8) is 0 Å². The highest BCUT2D eigenvalue weighted by Gasteiger charge is 2.22. The molecule has 2 N–H and O–H groups in total. The summed E-state index contributed by atoms with van der Waals surface area (Å²) < 4.78 is 0. The Kier molecular flexibility index (Phi) is 6.13. The van der Waals surface area contributed by atoms with Gasteiger partial charge < -0.3 is 10.6 Å². The standard InChI is InChI=1S/C22H23N5O2S/c1-14-18(30-22(26-14)19-23-10-5-11-24-19)21(29)25-13-15-6-4-9-17(12-15)27-20(28)16-7-2-3-8-16/h4-6,9-12,16H,2-3,7-8,13H2,1H3,(H,25,29)(H,27,28). The van der Waals surface area contributed by atoms with Gasteiger partial charge in [-0.05, 0) is 43.5 Å². The molecule has 7 nitrogen and oxygen atoms in total. The van der Waals surface area contributed by atoms with Crippen molar-refractivity contribution >= 4 is 28.8 Å². The van der Waals surface area contributed by atoms with Crippen LogP contribution in [0.2, 0.25) is 0 Å². The fraction of sp³-hybridized carbons (Fsp3) is 0.318. The van der Waals surface area contributed by atoms with E-state index in [1.165, 1.54) is 11.3 Å². The van der Waals surface area contributed by atoms with Crippen LogP contribution in [0.25, 0.3) is 10.8 Å². The molecular weight excluding hydrogens is 398 g/mol. The second kappa shape index (κ2) is 9.13. The lowest BCUT2D eigenvalue weighted by Crippen LogP contribution is -2.23. The van der Waals surface area contributed by atoms with Gasteiger partial charge in [0.1, 0.15) is 4.88 Å². The topological polar surface area (TPSA) is 96.9 Å². The van der Waals surface area contributed by atoms with E-state index >= 15 is 0 Å². The summed E-state index contributed by atoms with van der Waals surface area (Å²) in [4.78, 5) is 38.4. The number of carbonyl (C=O) groups is 2. The van der Waals surface area contributed by atoms with Crippen LogP contribution >= 0.6 is 11.3 Å². The molecule has 2 aromatic heterocycles. The normalized spacial score (nSPS) is 13.9. The van der Waals surface area contributed by atoms with E-state index in [0.29, 0.717) is 27.9 Å². The highest BCUT2D eigenvalue weighted by Crippen LogP contribution is 2.27. The van der Waals surface area contributed by atoms with Crippen molar-refractivity contribution in [1.82, 2.24) is 20.3 Å². The van der Waals surface area contributed by atoms with E-state index in [4.69, 9.17) is 0 Å². The fourth-order valence-corrected chi connectivity index (χ4v) is 4.50. The van der Waals surface area contributed by atoms with Gasteiger partial charge in [0.15, 0.2) is 10.8 Å². The second-order valence-electron chi connectivity index (χ2n) is 7.36. The molecule has 0 saturated heterocycles. The van der Waals surface area contributed by atoms with Crippen molar-refractivity contribution in [1.29, 1.82) is 0 Å². The minimum Gasteiger partial charge on any atom is -0.347 e. The van der Waals surface area contributed by atoms with Gasteiger partial charge in [-0.3, -0.25) is 9.59 Å². The minimum absolute atomic E-state index is 0.0876. The Hall–Kier alpha value is -3.13. The van der Waals surface area contributed by atoms with E-state index in [1.54, 1.807) is 25.4 Å². The van der Waals surface area contributed by atoms with Gasteiger partial charge in [0.2, 0.25) is 5.91 Å². The molecule has 2 amide bonds. The van der Waals surface area contributed by atoms with Gasteiger partial charge in [-0.1, -0.05) is 25.0 Å². The van der Waals surface area contributed by atoms with Gasteiger partial charge in [-0.2, -0.15) is 0 Å². The smallest absolute Gasteiger partial charge is 0.263 e. The number of nitrogens with zero attached hydrogens (tertiary/aromatic N) is 3. The highest BCUT2D eigenvalue weighted by atomic mass is 32.1. The highest BCUT2D eigenvalue weighted by molar-refractivity contribution is 7.17. The van der Waals surface area contributed by atoms with Crippen LogP contribution in [-0.4, -0.2) is 26.8 Å². The average Bonchev–Trinajstić information content (AvgIpc) is 3.43. The molecule has 8 heteroatoms. The molecule has 0 aliphatic heterocycles. The van der Waals surface area contributed by atoms with Gasteiger partial charge in [-0.25, -0.2) is 15.0 Å². The number of nitrogens with one attached hydrogen (secondary N) is 2. The number of aryl methyl sites for hydroxylation is 1. The number of amides is 2. The zero-order valence-electron chi connectivity index (χ0n) is 16.7. The largest absolute Gasteiger partial charge is 0.347 e. The summed E-state index contributed by atoms with van der Waals surface area (Å²) in [6.07, 6.45) is 7.48. The number of hydrogen-bond donors (Lipinski definition) is 2. The molecule has 0 bridgehead atoms. The summed E-state index contributed by atoms with van der Waals surface area (Å²) in [7, 11) is 0. The lowest BCUT2D eigenvalue weighted by Gasteiger charge is -2.11. The summed E-state index contributed by atoms with van der Waals surface area (Å²) >= 11 is 1.28. The number of aromatic nitrogens is 3. The summed E-state index contributed by atoms with van der Waals surface area (Å²) in [5, 5.41) is 6.56. The van der Waals surface area contributed by atoms with E-state index < -0.39 is 0 Å². The van der Waals surface area contributed by atoms with Crippen LogP contribution < -0.4 is 10.6 Å². The molecule has 154 valence electrons. The summed E-state index contributed by atoms with van der Waals surface area (Å²) in [6.45, 7) is 2.16. The maximum absolute atomic E-state index is 12.7. The Balaban J connectivity index is 1.38. The Labute approximate surface area is 179 Å². The minimum atomic E-state index is -0.187. The quantitative estimate of drug-likeness (QED) is 0.628. The molecule has 1 fully saturated rings. The summed E-state index contributed by atoms with van der Waals surface area (Å²) in [6, 6.07) is 9.32. The Morgan fingerprint density at radius 2 is 1.90 bits per heavy atom. The number of anilines is 1. The van der Waals surface area contributed by atoms with Crippen LogP contribution in [0, 0.1) is 12.8 Å². The molecule has 4 rings (SSSR count). The predicted octanol–water partition coefficient (Wildman–Crippen LogP) is 3.97. The Morgan fingerprint density at radius 3 is 2.67 bits per heavy atom. The van der Waals surface area contributed by atoms with E-state index in [1.807, 2.05) is 24.3 Å². The van der Waals surface area contributed by atoms with Crippen LogP contribution in [0.4, 0.5) is 5.69 Å². The molecule has 3 aromatic rings. The summed E-state index contributed by atoms with van der Waals surface area (Å²) in [5.74, 6) is 0.526. The van der Waals surface area contributed by atoms with Crippen molar-refractivity contribution < 1.29 is 9.59 Å². The van der Waals surface area contributed by atoms with Crippen LogP contribution in [0.15, 0.2) is 42.7 Å². The molecule has 0 unspecified atom stereocenters. The van der Waals surface area contributed by atoms with Crippen LogP contribution in [0.3, 0.4) is 0 Å². The Morgan fingerprint density at radius 1 is 1.13 bits per heavy atom. The molecule has 30 heavy (non-hydrogen) atoms. The third-order valence-electron chi connectivity index (χ3n) is 5.13. The van der Waals surface area contributed by atoms with Crippen molar-refractivity contribution in [2.45, 2.75) is 39.2 Å². The molecular formula is C22H23N5O2S. The van der Waals surface area contributed by atoms with E-state index in [2.05, 4.69) is 25.6 Å². The SMILES string of the molecule is Cc1nc(-c2ncccn2)sc1C(=O)NCc1cccc(NC(=O)C2CCCC2)c1.